The predicted molar refractivity (Wildman–Crippen MR) is 196 cm³/mol. The van der Waals surface area contributed by atoms with E-state index in [9.17, 15) is 18.0 Å². The molecule has 50 heavy (non-hydrogen) atoms. The van der Waals surface area contributed by atoms with Gasteiger partial charge in [-0.1, -0.05) is 91.6 Å². The molecule has 4 aromatic rings. The quantitative estimate of drug-likeness (QED) is 0.159. The largest absolute Gasteiger partial charge is 0.493 e. The van der Waals surface area contributed by atoms with Crippen molar-refractivity contribution in [1.82, 2.24) is 10.2 Å². The Morgan fingerprint density at radius 3 is 2.14 bits per heavy atom. The number of ether oxygens (including phenoxy) is 2. The van der Waals surface area contributed by atoms with Crippen molar-refractivity contribution in [3.05, 3.63) is 119 Å². The van der Waals surface area contributed by atoms with Crippen LogP contribution in [0.25, 0.3) is 0 Å². The van der Waals surface area contributed by atoms with Gasteiger partial charge in [0, 0.05) is 25.1 Å². The molecule has 10 heteroatoms. The molecule has 1 N–H and O–H groups in total. The number of methoxy groups -OCH3 is 2. The fourth-order valence-electron chi connectivity index (χ4n) is 6.41. The second kappa shape index (κ2) is 16.7. The van der Waals surface area contributed by atoms with Gasteiger partial charge < -0.3 is 19.7 Å². The van der Waals surface area contributed by atoms with Crippen LogP contribution in [0.15, 0.2) is 102 Å². The summed E-state index contributed by atoms with van der Waals surface area (Å²) in [6.45, 7) is 3.46. The van der Waals surface area contributed by atoms with Gasteiger partial charge in [0.25, 0.3) is 10.0 Å². The van der Waals surface area contributed by atoms with Crippen molar-refractivity contribution in [3.63, 3.8) is 0 Å². The first kappa shape index (κ1) is 36.5. The Morgan fingerprint density at radius 2 is 1.48 bits per heavy atom. The zero-order valence-corrected chi connectivity index (χ0v) is 30.1. The highest BCUT2D eigenvalue weighted by Crippen LogP contribution is 2.33. The number of sulfonamides is 1. The van der Waals surface area contributed by atoms with E-state index in [-0.39, 0.29) is 35.6 Å². The van der Waals surface area contributed by atoms with E-state index in [1.165, 1.54) is 32.4 Å². The minimum atomic E-state index is -4.31. The molecule has 1 aliphatic carbocycles. The molecule has 1 atom stereocenters. The molecule has 0 aliphatic heterocycles. The van der Waals surface area contributed by atoms with E-state index < -0.39 is 28.5 Å². The summed E-state index contributed by atoms with van der Waals surface area (Å²) in [6, 6.07) is 27.8. The topological polar surface area (TPSA) is 105 Å². The third-order valence-corrected chi connectivity index (χ3v) is 11.1. The van der Waals surface area contributed by atoms with Crippen molar-refractivity contribution < 1.29 is 27.5 Å². The van der Waals surface area contributed by atoms with Crippen molar-refractivity contribution in [2.45, 2.75) is 75.9 Å². The first-order valence-corrected chi connectivity index (χ1v) is 18.5. The van der Waals surface area contributed by atoms with Crippen molar-refractivity contribution >= 4 is 27.5 Å². The molecule has 0 bridgehead atoms. The summed E-state index contributed by atoms with van der Waals surface area (Å²) in [5, 5.41) is 3.26. The highest BCUT2D eigenvalue weighted by molar-refractivity contribution is 7.92. The number of anilines is 1. The van der Waals surface area contributed by atoms with Crippen LogP contribution in [0, 0.1) is 13.8 Å². The number of amides is 2. The van der Waals surface area contributed by atoms with E-state index >= 15 is 0 Å². The van der Waals surface area contributed by atoms with Gasteiger partial charge in [-0.15, -0.1) is 0 Å². The maximum absolute atomic E-state index is 14.8. The molecule has 4 aromatic carbocycles. The van der Waals surface area contributed by atoms with Crippen LogP contribution >= 0.6 is 0 Å². The average Bonchev–Trinajstić information content (AvgIpc) is 3.13. The third-order valence-electron chi connectivity index (χ3n) is 9.37. The summed E-state index contributed by atoms with van der Waals surface area (Å²) in [5.41, 5.74) is 3.99. The monoisotopic (exact) mass is 697 g/mol. The molecule has 264 valence electrons. The lowest BCUT2D eigenvalue weighted by Gasteiger charge is -2.35. The standard InChI is InChI=1S/C40H47N3O6S/c1-29-19-21-34(22-20-29)43(50(46,47)35-23-24-37(48-3)38(26-35)49-4)28-39(44)42(27-32-16-12-11-13-30(32)2)36(25-31-14-7-5-8-15-31)40(45)41-33-17-9-6-10-18-33/h5,7-8,11-16,19-24,26,33,36H,6,9-10,17-18,25,27-28H2,1-4H3,(H,41,45)/t36-/m0/s1. The summed E-state index contributed by atoms with van der Waals surface area (Å²) in [5.74, 6) is -0.126. The van der Waals surface area contributed by atoms with E-state index in [0.717, 1.165) is 58.7 Å². The highest BCUT2D eigenvalue weighted by Gasteiger charge is 2.36. The minimum absolute atomic E-state index is 0.0272. The van der Waals surface area contributed by atoms with Crippen LogP contribution in [0.4, 0.5) is 5.69 Å². The van der Waals surface area contributed by atoms with Crippen molar-refractivity contribution in [1.29, 1.82) is 0 Å². The number of benzene rings is 4. The third kappa shape index (κ3) is 8.84. The number of carbonyl (C=O) groups excluding carboxylic acids is 2. The van der Waals surface area contributed by atoms with E-state index in [1.807, 2.05) is 68.4 Å². The fraction of sp³-hybridized carbons (Fsp3) is 0.350. The van der Waals surface area contributed by atoms with Crippen LogP contribution in [0.3, 0.4) is 0 Å². The molecule has 5 rings (SSSR count). The number of rotatable bonds is 14. The van der Waals surface area contributed by atoms with E-state index in [2.05, 4.69) is 5.32 Å². The van der Waals surface area contributed by atoms with Gasteiger partial charge in [-0.3, -0.25) is 13.9 Å². The molecule has 1 saturated carbocycles. The summed E-state index contributed by atoms with van der Waals surface area (Å²) >= 11 is 0. The normalized spacial score (nSPS) is 14.0. The summed E-state index contributed by atoms with van der Waals surface area (Å²) < 4.78 is 40.9. The molecule has 0 spiro atoms. The van der Waals surface area contributed by atoms with Gasteiger partial charge in [-0.05, 0) is 67.6 Å². The van der Waals surface area contributed by atoms with Crippen LogP contribution in [-0.4, -0.2) is 58.0 Å². The Bertz CT molecular complexity index is 1860. The molecular formula is C40H47N3O6S. The number of nitrogens with zero attached hydrogens (tertiary/aromatic N) is 2. The minimum Gasteiger partial charge on any atom is -0.493 e. The Labute approximate surface area is 296 Å². The van der Waals surface area contributed by atoms with Crippen LogP contribution < -0.4 is 19.1 Å². The van der Waals surface area contributed by atoms with Gasteiger partial charge in [0.1, 0.15) is 12.6 Å². The van der Waals surface area contributed by atoms with Gasteiger partial charge in [0.05, 0.1) is 24.8 Å². The first-order valence-electron chi connectivity index (χ1n) is 17.1. The lowest BCUT2D eigenvalue weighted by molar-refractivity contribution is -0.140. The van der Waals surface area contributed by atoms with Crippen LogP contribution in [0.2, 0.25) is 0 Å². The van der Waals surface area contributed by atoms with Gasteiger partial charge in [0.15, 0.2) is 11.5 Å². The Kier molecular flexibility index (Phi) is 12.2. The van der Waals surface area contributed by atoms with Crippen molar-refractivity contribution in [2.75, 3.05) is 25.1 Å². The smallest absolute Gasteiger partial charge is 0.264 e. The number of nitrogens with one attached hydrogen (secondary N) is 1. The van der Waals surface area contributed by atoms with E-state index in [1.54, 1.807) is 29.2 Å². The second-order valence-corrected chi connectivity index (χ2v) is 14.7. The molecule has 0 unspecified atom stereocenters. The summed E-state index contributed by atoms with van der Waals surface area (Å²) in [6.07, 6.45) is 5.27. The predicted octanol–water partition coefficient (Wildman–Crippen LogP) is 6.60. The molecule has 1 aliphatic rings. The molecule has 0 heterocycles. The molecule has 0 aromatic heterocycles. The number of hydrogen-bond acceptors (Lipinski definition) is 6. The summed E-state index contributed by atoms with van der Waals surface area (Å²) in [4.78, 5) is 30.6. The average molecular weight is 698 g/mol. The summed E-state index contributed by atoms with van der Waals surface area (Å²) in [7, 11) is -1.40. The van der Waals surface area contributed by atoms with Crippen molar-refractivity contribution in [3.8, 4) is 11.5 Å². The molecule has 1 fully saturated rings. The van der Waals surface area contributed by atoms with Crippen LogP contribution in [-0.2, 0) is 32.6 Å². The van der Waals surface area contributed by atoms with E-state index in [0.29, 0.717) is 11.4 Å². The number of carbonyl (C=O) groups is 2. The Balaban J connectivity index is 1.58. The molecule has 2 amide bonds. The van der Waals surface area contributed by atoms with E-state index in [4.69, 9.17) is 9.47 Å². The van der Waals surface area contributed by atoms with Crippen LogP contribution in [0.5, 0.6) is 11.5 Å². The Morgan fingerprint density at radius 1 is 0.820 bits per heavy atom. The highest BCUT2D eigenvalue weighted by atomic mass is 32.2. The van der Waals surface area contributed by atoms with Gasteiger partial charge >= 0.3 is 0 Å². The SMILES string of the molecule is COc1ccc(S(=O)(=O)N(CC(=O)N(Cc2ccccc2C)[C@@H](Cc2ccccc2)C(=O)NC2CCCCC2)c2ccc(C)cc2)cc1OC. The second-order valence-electron chi connectivity index (χ2n) is 12.9. The lowest BCUT2D eigenvalue weighted by Crippen LogP contribution is -2.55. The molecular weight excluding hydrogens is 651 g/mol. The Hall–Kier alpha value is -4.83. The van der Waals surface area contributed by atoms with Gasteiger partial charge in [-0.25, -0.2) is 8.42 Å². The first-order chi connectivity index (χ1) is 24.1. The zero-order valence-electron chi connectivity index (χ0n) is 29.3. The number of aryl methyl sites for hydroxylation is 2. The lowest BCUT2D eigenvalue weighted by atomic mass is 9.94. The number of hydrogen-bond donors (Lipinski definition) is 1. The van der Waals surface area contributed by atoms with Gasteiger partial charge in [0.2, 0.25) is 11.8 Å². The van der Waals surface area contributed by atoms with Gasteiger partial charge in [-0.2, -0.15) is 0 Å². The molecule has 0 radical (unpaired) electrons. The van der Waals surface area contributed by atoms with Crippen molar-refractivity contribution in [2.24, 2.45) is 0 Å². The maximum Gasteiger partial charge on any atom is 0.264 e. The van der Waals surface area contributed by atoms with Crippen LogP contribution in [0.1, 0.15) is 54.4 Å². The molecule has 0 saturated heterocycles. The molecule has 9 nitrogen and oxygen atoms in total. The zero-order chi connectivity index (χ0) is 35.7. The maximum atomic E-state index is 14.8. The fourth-order valence-corrected chi connectivity index (χ4v) is 7.84.